The van der Waals surface area contributed by atoms with Crippen LogP contribution >= 0.6 is 0 Å². The van der Waals surface area contributed by atoms with Crippen LogP contribution in [-0.4, -0.2) is 60.3 Å². The Bertz CT molecular complexity index is 622. The van der Waals surface area contributed by atoms with E-state index in [9.17, 15) is 8.42 Å². The van der Waals surface area contributed by atoms with Gasteiger partial charge in [-0.2, -0.15) is 5.10 Å². The summed E-state index contributed by atoms with van der Waals surface area (Å²) in [5, 5.41) is 4.52. The minimum atomic E-state index is -3.09. The van der Waals surface area contributed by atoms with Gasteiger partial charge in [0.2, 0.25) is 10.0 Å². The maximum atomic E-state index is 11.9. The molecule has 126 valence electrons. The Kier molecular flexibility index (Phi) is 5.29. The van der Waals surface area contributed by atoms with E-state index in [0.29, 0.717) is 12.5 Å². The Morgan fingerprint density at radius 2 is 2.00 bits per heavy atom. The maximum Gasteiger partial charge on any atom is 0.213 e. The van der Waals surface area contributed by atoms with E-state index in [0.717, 1.165) is 25.2 Å². The first-order chi connectivity index (χ1) is 10.2. The first-order valence-electron chi connectivity index (χ1n) is 7.88. The number of aromatic nitrogens is 2. The van der Waals surface area contributed by atoms with Crippen molar-refractivity contribution in [3.63, 3.8) is 0 Å². The summed E-state index contributed by atoms with van der Waals surface area (Å²) in [5.41, 5.74) is 3.64. The fourth-order valence-electron chi connectivity index (χ4n) is 3.33. The summed E-state index contributed by atoms with van der Waals surface area (Å²) in [7, 11) is 2.07. The predicted molar refractivity (Wildman–Crippen MR) is 88.3 cm³/mol. The molecule has 0 bridgehead atoms. The lowest BCUT2D eigenvalue weighted by atomic mass is 10.0. The van der Waals surface area contributed by atoms with E-state index in [2.05, 4.69) is 23.8 Å². The molecule has 0 amide bonds. The van der Waals surface area contributed by atoms with E-state index in [1.54, 1.807) is 14.1 Å². The molecule has 1 fully saturated rings. The molecule has 0 aliphatic carbocycles. The van der Waals surface area contributed by atoms with Crippen molar-refractivity contribution in [2.75, 3.05) is 32.9 Å². The molecule has 0 saturated carbocycles. The highest BCUT2D eigenvalue weighted by molar-refractivity contribution is 7.89. The molecular weight excluding hydrogens is 300 g/mol. The minimum Gasteiger partial charge on any atom is -0.296 e. The summed E-state index contributed by atoms with van der Waals surface area (Å²) >= 11 is 0. The molecule has 1 aromatic rings. The van der Waals surface area contributed by atoms with E-state index >= 15 is 0 Å². The van der Waals surface area contributed by atoms with Gasteiger partial charge in [0, 0.05) is 38.4 Å². The van der Waals surface area contributed by atoms with E-state index in [-0.39, 0.29) is 5.75 Å². The molecule has 0 aromatic carbocycles. The zero-order chi connectivity index (χ0) is 16.5. The van der Waals surface area contributed by atoms with Crippen LogP contribution in [0.25, 0.3) is 0 Å². The topological polar surface area (TPSA) is 58.4 Å². The highest BCUT2D eigenvalue weighted by atomic mass is 32.2. The Balaban J connectivity index is 2.03. The molecule has 1 unspecified atom stereocenters. The van der Waals surface area contributed by atoms with Gasteiger partial charge < -0.3 is 0 Å². The van der Waals surface area contributed by atoms with Crippen molar-refractivity contribution in [2.45, 2.75) is 39.2 Å². The van der Waals surface area contributed by atoms with Crippen LogP contribution in [0.4, 0.5) is 0 Å². The molecule has 22 heavy (non-hydrogen) atoms. The van der Waals surface area contributed by atoms with Gasteiger partial charge in [0.25, 0.3) is 0 Å². The van der Waals surface area contributed by atoms with Gasteiger partial charge in [-0.15, -0.1) is 0 Å². The summed E-state index contributed by atoms with van der Waals surface area (Å²) in [4.78, 5) is 2.42. The van der Waals surface area contributed by atoms with Gasteiger partial charge in [0.15, 0.2) is 0 Å². The third-order valence-corrected chi connectivity index (χ3v) is 6.58. The molecule has 1 aromatic heterocycles. The molecule has 6 nitrogen and oxygen atoms in total. The van der Waals surface area contributed by atoms with Crippen LogP contribution in [-0.2, 0) is 17.1 Å². The van der Waals surface area contributed by atoms with E-state index in [4.69, 9.17) is 0 Å². The second kappa shape index (κ2) is 6.68. The zero-order valence-electron chi connectivity index (χ0n) is 14.3. The summed E-state index contributed by atoms with van der Waals surface area (Å²) in [6.07, 6.45) is 2.97. The Morgan fingerprint density at radius 3 is 2.55 bits per heavy atom. The van der Waals surface area contributed by atoms with Crippen molar-refractivity contribution in [1.82, 2.24) is 19.0 Å². The van der Waals surface area contributed by atoms with Gasteiger partial charge in [-0.05, 0) is 46.2 Å². The van der Waals surface area contributed by atoms with Crippen LogP contribution in [0.1, 0.15) is 42.3 Å². The smallest absolute Gasteiger partial charge is 0.213 e. The van der Waals surface area contributed by atoms with Crippen LogP contribution in [0, 0.1) is 13.8 Å². The third-order valence-electron chi connectivity index (χ3n) is 4.67. The fraction of sp³-hybridized carbons (Fsp3) is 0.800. The quantitative estimate of drug-likeness (QED) is 0.793. The van der Waals surface area contributed by atoms with Crippen molar-refractivity contribution in [3.8, 4) is 0 Å². The maximum absolute atomic E-state index is 11.9. The summed E-state index contributed by atoms with van der Waals surface area (Å²) in [6.45, 7) is 6.05. The largest absolute Gasteiger partial charge is 0.296 e. The van der Waals surface area contributed by atoms with Crippen molar-refractivity contribution in [1.29, 1.82) is 0 Å². The molecular formula is C15H28N4O2S. The van der Waals surface area contributed by atoms with Gasteiger partial charge in [-0.1, -0.05) is 0 Å². The number of hydrogen-bond donors (Lipinski definition) is 0. The Labute approximate surface area is 134 Å². The van der Waals surface area contributed by atoms with Crippen LogP contribution in [0.2, 0.25) is 0 Å². The van der Waals surface area contributed by atoms with Crippen molar-refractivity contribution < 1.29 is 8.42 Å². The van der Waals surface area contributed by atoms with E-state index in [1.807, 2.05) is 11.7 Å². The molecule has 1 saturated heterocycles. The van der Waals surface area contributed by atoms with Crippen LogP contribution in [0.3, 0.4) is 0 Å². The van der Waals surface area contributed by atoms with Crippen molar-refractivity contribution >= 4 is 10.0 Å². The molecule has 0 N–H and O–H groups in total. The number of nitrogens with zero attached hydrogens (tertiary/aromatic N) is 4. The molecule has 1 aliphatic rings. The number of hydrogen-bond acceptors (Lipinski definition) is 4. The van der Waals surface area contributed by atoms with E-state index < -0.39 is 10.0 Å². The van der Waals surface area contributed by atoms with Crippen LogP contribution in [0.5, 0.6) is 0 Å². The number of sulfonamides is 1. The van der Waals surface area contributed by atoms with E-state index in [1.165, 1.54) is 22.0 Å². The average Bonchev–Trinajstić information content (AvgIpc) is 2.95. The van der Waals surface area contributed by atoms with Crippen LogP contribution in [0.15, 0.2) is 0 Å². The van der Waals surface area contributed by atoms with Gasteiger partial charge in [-0.3, -0.25) is 9.58 Å². The highest BCUT2D eigenvalue weighted by Crippen LogP contribution is 2.35. The molecule has 1 aliphatic heterocycles. The second-order valence-electron chi connectivity index (χ2n) is 6.35. The normalized spacial score (nSPS) is 20.2. The zero-order valence-corrected chi connectivity index (χ0v) is 15.2. The molecule has 7 heteroatoms. The van der Waals surface area contributed by atoms with Crippen molar-refractivity contribution in [2.24, 2.45) is 7.05 Å². The Morgan fingerprint density at radius 1 is 1.32 bits per heavy atom. The van der Waals surface area contributed by atoms with Crippen molar-refractivity contribution in [3.05, 3.63) is 17.0 Å². The average molecular weight is 328 g/mol. The van der Waals surface area contributed by atoms with Gasteiger partial charge in [0.1, 0.15) is 0 Å². The first kappa shape index (κ1) is 17.4. The van der Waals surface area contributed by atoms with Gasteiger partial charge >= 0.3 is 0 Å². The van der Waals surface area contributed by atoms with Crippen LogP contribution < -0.4 is 0 Å². The molecule has 2 rings (SSSR count). The summed E-state index contributed by atoms with van der Waals surface area (Å²) < 4.78 is 27.0. The fourth-order valence-corrected chi connectivity index (χ4v) is 4.18. The standard InChI is InChI=1S/C15H28N4O2S/c1-12-15(13(2)18(5)16-12)14-8-6-9-19(14)10-7-11-22(20,21)17(3)4/h14H,6-11H2,1-5H3. The molecule has 0 radical (unpaired) electrons. The summed E-state index contributed by atoms with van der Waals surface area (Å²) in [5.74, 6) is 0.216. The summed E-state index contributed by atoms with van der Waals surface area (Å²) in [6, 6.07) is 0.385. The van der Waals surface area contributed by atoms with Gasteiger partial charge in [-0.25, -0.2) is 12.7 Å². The highest BCUT2D eigenvalue weighted by Gasteiger charge is 2.30. The predicted octanol–water partition coefficient (Wildman–Crippen LogP) is 1.46. The molecule has 2 heterocycles. The second-order valence-corrected chi connectivity index (χ2v) is 8.66. The number of aryl methyl sites for hydroxylation is 2. The lowest BCUT2D eigenvalue weighted by Crippen LogP contribution is -2.30. The Hall–Kier alpha value is -0.920. The molecule has 0 spiro atoms. The minimum absolute atomic E-state index is 0.216. The number of rotatable bonds is 6. The lowest BCUT2D eigenvalue weighted by molar-refractivity contribution is 0.256. The number of likely N-dealkylation sites (tertiary alicyclic amines) is 1. The molecule has 1 atom stereocenters. The first-order valence-corrected chi connectivity index (χ1v) is 9.49. The monoisotopic (exact) mass is 328 g/mol. The third kappa shape index (κ3) is 3.52. The SMILES string of the molecule is Cc1nn(C)c(C)c1C1CCCN1CCCS(=O)(=O)N(C)C. The lowest BCUT2D eigenvalue weighted by Gasteiger charge is -2.25. The van der Waals surface area contributed by atoms with Gasteiger partial charge in [0.05, 0.1) is 11.4 Å².